The van der Waals surface area contributed by atoms with Crippen LogP contribution in [0.4, 0.5) is 5.69 Å². The SMILES string of the molecule is CC1(C)c2cc(N3CCOCC3)c(OCCO)cc2C(=O)c2c1[nH]c1cc(C=N)ccc21. The fourth-order valence-corrected chi connectivity index (χ4v) is 4.87. The molecule has 2 heterocycles. The summed E-state index contributed by atoms with van der Waals surface area (Å²) >= 11 is 0. The number of H-pyrrole nitrogens is 1. The Morgan fingerprint density at radius 3 is 2.75 bits per heavy atom. The molecule has 0 radical (unpaired) electrons. The van der Waals surface area contributed by atoms with Crippen LogP contribution in [-0.2, 0) is 10.2 Å². The fourth-order valence-electron chi connectivity index (χ4n) is 4.87. The largest absolute Gasteiger partial charge is 0.489 e. The highest BCUT2D eigenvalue weighted by Gasteiger charge is 2.41. The van der Waals surface area contributed by atoms with E-state index in [-0.39, 0.29) is 19.0 Å². The number of aliphatic hydroxyl groups is 1. The van der Waals surface area contributed by atoms with Gasteiger partial charge in [0.05, 0.1) is 31.1 Å². The Balaban J connectivity index is 1.71. The lowest BCUT2D eigenvalue weighted by molar-refractivity contribution is 0.103. The third-order valence-electron chi connectivity index (χ3n) is 6.56. The maximum absolute atomic E-state index is 13.7. The number of aliphatic hydroxyl groups excluding tert-OH is 1. The summed E-state index contributed by atoms with van der Waals surface area (Å²) in [5.74, 6) is 0.573. The average molecular weight is 434 g/mol. The van der Waals surface area contributed by atoms with E-state index in [0.29, 0.717) is 30.1 Å². The first-order valence-electron chi connectivity index (χ1n) is 10.9. The minimum atomic E-state index is -0.432. The van der Waals surface area contributed by atoms with Crippen LogP contribution in [0, 0.1) is 5.41 Å². The van der Waals surface area contributed by atoms with Gasteiger partial charge in [-0.3, -0.25) is 4.79 Å². The van der Waals surface area contributed by atoms with Crippen LogP contribution in [0.3, 0.4) is 0 Å². The zero-order valence-electron chi connectivity index (χ0n) is 18.3. The second kappa shape index (κ2) is 7.76. The first-order valence-corrected chi connectivity index (χ1v) is 10.9. The van der Waals surface area contributed by atoms with Crippen LogP contribution in [0.1, 0.15) is 46.6 Å². The Kier molecular flexibility index (Phi) is 5.03. The van der Waals surface area contributed by atoms with Gasteiger partial charge in [-0.25, -0.2) is 0 Å². The molecule has 0 amide bonds. The molecular formula is C25H27N3O4. The Morgan fingerprint density at radius 2 is 2.03 bits per heavy atom. The van der Waals surface area contributed by atoms with Crippen LogP contribution in [0.2, 0.25) is 0 Å². The quantitative estimate of drug-likeness (QED) is 0.537. The topological polar surface area (TPSA) is 98.6 Å². The van der Waals surface area contributed by atoms with Crippen molar-refractivity contribution in [3.63, 3.8) is 0 Å². The Bertz CT molecular complexity index is 1220. The predicted octanol–water partition coefficient (Wildman–Crippen LogP) is 3.24. The number of aromatic amines is 1. The maximum atomic E-state index is 13.7. The van der Waals surface area contributed by atoms with E-state index in [0.717, 1.165) is 46.5 Å². The molecule has 5 rings (SSSR count). The van der Waals surface area contributed by atoms with E-state index in [4.69, 9.17) is 14.9 Å². The first kappa shape index (κ1) is 20.7. The molecule has 3 N–H and O–H groups in total. The van der Waals surface area contributed by atoms with Gasteiger partial charge in [0, 0.05) is 46.9 Å². The monoisotopic (exact) mass is 433 g/mol. The van der Waals surface area contributed by atoms with E-state index in [1.165, 1.54) is 6.21 Å². The summed E-state index contributed by atoms with van der Waals surface area (Å²) in [5, 5.41) is 17.7. The van der Waals surface area contributed by atoms with E-state index in [9.17, 15) is 9.90 Å². The van der Waals surface area contributed by atoms with E-state index < -0.39 is 5.41 Å². The van der Waals surface area contributed by atoms with Crippen molar-refractivity contribution in [3.8, 4) is 5.75 Å². The van der Waals surface area contributed by atoms with Gasteiger partial charge in [-0.05, 0) is 29.3 Å². The van der Waals surface area contributed by atoms with Gasteiger partial charge >= 0.3 is 0 Å². The van der Waals surface area contributed by atoms with Crippen molar-refractivity contribution in [2.45, 2.75) is 19.3 Å². The Morgan fingerprint density at radius 1 is 1.25 bits per heavy atom. The Hall–Kier alpha value is -3.16. The van der Waals surface area contributed by atoms with Gasteiger partial charge in [0.1, 0.15) is 12.4 Å². The Labute approximate surface area is 186 Å². The van der Waals surface area contributed by atoms with Crippen molar-refractivity contribution in [1.29, 1.82) is 5.41 Å². The summed E-state index contributed by atoms with van der Waals surface area (Å²) in [6.45, 7) is 7.09. The van der Waals surface area contributed by atoms with Gasteiger partial charge in [-0.2, -0.15) is 0 Å². The first-order chi connectivity index (χ1) is 15.5. The minimum Gasteiger partial charge on any atom is -0.489 e. The van der Waals surface area contributed by atoms with Crippen molar-refractivity contribution in [3.05, 3.63) is 58.3 Å². The van der Waals surface area contributed by atoms with E-state index >= 15 is 0 Å². The molecule has 32 heavy (non-hydrogen) atoms. The molecule has 1 aliphatic carbocycles. The number of ketones is 1. The number of anilines is 1. The van der Waals surface area contributed by atoms with Gasteiger partial charge in [0.15, 0.2) is 5.78 Å². The molecule has 1 fully saturated rings. The summed E-state index contributed by atoms with van der Waals surface area (Å²) in [6.07, 6.45) is 1.31. The molecule has 1 saturated heterocycles. The number of fused-ring (bicyclic) bond motifs is 4. The van der Waals surface area contributed by atoms with Crippen LogP contribution in [0.15, 0.2) is 30.3 Å². The summed E-state index contributed by atoms with van der Waals surface area (Å²) in [7, 11) is 0. The van der Waals surface area contributed by atoms with Crippen LogP contribution in [0.25, 0.3) is 10.9 Å². The van der Waals surface area contributed by atoms with Crippen molar-refractivity contribution in [2.24, 2.45) is 0 Å². The molecule has 0 unspecified atom stereocenters. The second-order valence-electron chi connectivity index (χ2n) is 8.82. The molecule has 2 aliphatic rings. The highest BCUT2D eigenvalue weighted by Crippen LogP contribution is 2.47. The van der Waals surface area contributed by atoms with Crippen molar-refractivity contribution >= 4 is 28.6 Å². The fraction of sp³-hybridized carbons (Fsp3) is 0.360. The third-order valence-corrected chi connectivity index (χ3v) is 6.56. The van der Waals surface area contributed by atoms with Crippen LogP contribution < -0.4 is 9.64 Å². The number of carbonyl (C=O) groups excluding carboxylic acids is 1. The van der Waals surface area contributed by atoms with Gasteiger partial charge in [0.2, 0.25) is 0 Å². The number of benzene rings is 2. The number of ether oxygens (including phenoxy) is 2. The summed E-state index contributed by atoms with van der Waals surface area (Å²) < 4.78 is 11.4. The number of carbonyl (C=O) groups is 1. The molecule has 0 saturated carbocycles. The maximum Gasteiger partial charge on any atom is 0.195 e. The molecule has 2 aromatic carbocycles. The minimum absolute atomic E-state index is 0.0365. The molecule has 0 bridgehead atoms. The molecule has 1 aliphatic heterocycles. The van der Waals surface area contributed by atoms with E-state index in [1.54, 1.807) is 0 Å². The molecule has 166 valence electrons. The second-order valence-corrected chi connectivity index (χ2v) is 8.82. The molecule has 0 atom stereocenters. The molecule has 1 aromatic heterocycles. The summed E-state index contributed by atoms with van der Waals surface area (Å²) in [5.41, 5.74) is 5.29. The van der Waals surface area contributed by atoms with Crippen LogP contribution in [0.5, 0.6) is 5.75 Å². The number of hydrogen-bond donors (Lipinski definition) is 3. The van der Waals surface area contributed by atoms with Crippen molar-refractivity contribution < 1.29 is 19.4 Å². The van der Waals surface area contributed by atoms with Crippen molar-refractivity contribution in [2.75, 3.05) is 44.4 Å². The molecule has 7 heteroatoms. The standard InChI is InChI=1S/C25H27N3O4/c1-25(2)18-13-20(28-5-8-31-9-6-28)21(32-10-7-29)12-17(18)23(30)22-16-4-3-15(14-26)11-19(16)27-24(22)25/h3-4,11-14,26-27,29H,5-10H2,1-2H3. The van der Waals surface area contributed by atoms with E-state index in [2.05, 4.69) is 29.8 Å². The summed E-state index contributed by atoms with van der Waals surface area (Å²) in [4.78, 5) is 19.4. The number of nitrogens with zero attached hydrogens (tertiary/aromatic N) is 1. The molecular weight excluding hydrogens is 406 g/mol. The lowest BCUT2D eigenvalue weighted by Crippen LogP contribution is -2.37. The third kappa shape index (κ3) is 3.12. The zero-order valence-corrected chi connectivity index (χ0v) is 18.3. The van der Waals surface area contributed by atoms with Gasteiger partial charge < -0.3 is 29.9 Å². The lowest BCUT2D eigenvalue weighted by atomic mass is 9.71. The highest BCUT2D eigenvalue weighted by molar-refractivity contribution is 6.20. The highest BCUT2D eigenvalue weighted by atomic mass is 16.5. The number of hydrogen-bond acceptors (Lipinski definition) is 6. The van der Waals surface area contributed by atoms with Gasteiger partial charge in [0.25, 0.3) is 0 Å². The smallest absolute Gasteiger partial charge is 0.195 e. The van der Waals surface area contributed by atoms with Gasteiger partial charge in [-0.15, -0.1) is 0 Å². The number of morpholine rings is 1. The van der Waals surface area contributed by atoms with Crippen LogP contribution >= 0.6 is 0 Å². The van der Waals surface area contributed by atoms with Crippen LogP contribution in [-0.4, -0.2) is 61.6 Å². The lowest BCUT2D eigenvalue weighted by Gasteiger charge is -2.36. The van der Waals surface area contributed by atoms with E-state index in [1.807, 2.05) is 24.3 Å². The average Bonchev–Trinajstić information content (AvgIpc) is 3.21. The van der Waals surface area contributed by atoms with Gasteiger partial charge in [-0.1, -0.05) is 26.0 Å². The zero-order chi connectivity index (χ0) is 22.5. The summed E-state index contributed by atoms with van der Waals surface area (Å²) in [6, 6.07) is 9.59. The number of aromatic nitrogens is 1. The normalized spacial score (nSPS) is 17.2. The molecule has 0 spiro atoms. The molecule has 3 aromatic rings. The number of rotatable bonds is 5. The van der Waals surface area contributed by atoms with Crippen molar-refractivity contribution in [1.82, 2.24) is 4.98 Å². The number of nitrogens with one attached hydrogen (secondary N) is 2. The predicted molar refractivity (Wildman–Crippen MR) is 124 cm³/mol. The molecule has 7 nitrogen and oxygen atoms in total.